The molecule has 0 atom stereocenters. The summed E-state index contributed by atoms with van der Waals surface area (Å²) in [4.78, 5) is 0. The lowest BCUT2D eigenvalue weighted by atomic mass is 10.2. The second-order valence-electron chi connectivity index (χ2n) is 3.61. The summed E-state index contributed by atoms with van der Waals surface area (Å²) in [5.74, 6) is 1.82. The quantitative estimate of drug-likeness (QED) is 0.902. The highest BCUT2D eigenvalue weighted by molar-refractivity contribution is 5.61. The molecular weight excluding hydrogens is 244 g/mol. The second kappa shape index (κ2) is 5.69. The highest BCUT2D eigenvalue weighted by atomic mass is 16.5. The fourth-order valence-electron chi connectivity index (χ4n) is 1.52. The molecule has 0 saturated carbocycles. The Bertz CT molecular complexity index is 605. The van der Waals surface area contributed by atoms with E-state index in [2.05, 4.69) is 15.5 Å². The lowest BCUT2D eigenvalue weighted by Crippen LogP contribution is -1.97. The Labute approximate surface area is 110 Å². The van der Waals surface area contributed by atoms with E-state index in [1.807, 2.05) is 12.1 Å². The zero-order valence-corrected chi connectivity index (χ0v) is 10.5. The molecule has 0 saturated heterocycles. The third-order valence-electron chi connectivity index (χ3n) is 2.44. The van der Waals surface area contributed by atoms with E-state index in [9.17, 15) is 0 Å². The average molecular weight is 256 g/mol. The predicted octanol–water partition coefficient (Wildman–Crippen LogP) is 2.11. The summed E-state index contributed by atoms with van der Waals surface area (Å²) in [5.41, 5.74) is 1.06. The Morgan fingerprint density at radius 3 is 2.42 bits per heavy atom. The van der Waals surface area contributed by atoms with Crippen LogP contribution in [0.4, 0.5) is 11.5 Å². The van der Waals surface area contributed by atoms with Crippen LogP contribution in [0.5, 0.6) is 11.5 Å². The van der Waals surface area contributed by atoms with Crippen molar-refractivity contribution < 1.29 is 9.47 Å². The lowest BCUT2D eigenvalue weighted by Gasteiger charge is -2.10. The second-order valence-corrected chi connectivity index (χ2v) is 3.61. The molecule has 0 unspecified atom stereocenters. The minimum Gasteiger partial charge on any atom is -0.493 e. The van der Waals surface area contributed by atoms with E-state index in [1.54, 1.807) is 38.5 Å². The molecule has 0 aliphatic carbocycles. The number of nitrogens with one attached hydrogen (secondary N) is 1. The normalized spacial score (nSPS) is 9.53. The first-order valence-electron chi connectivity index (χ1n) is 5.49. The zero-order valence-electron chi connectivity index (χ0n) is 10.5. The molecule has 0 fully saturated rings. The summed E-state index contributed by atoms with van der Waals surface area (Å²) in [5, 5.41) is 19.3. The average Bonchev–Trinajstić information content (AvgIpc) is 2.48. The Hall–Kier alpha value is -2.81. The molecular formula is C13H12N4O2. The topological polar surface area (TPSA) is 80.1 Å². The lowest BCUT2D eigenvalue weighted by molar-refractivity contribution is 0.355. The Balaban J connectivity index is 2.20. The van der Waals surface area contributed by atoms with Crippen molar-refractivity contribution in [1.29, 1.82) is 5.26 Å². The molecule has 1 heterocycles. The summed E-state index contributed by atoms with van der Waals surface area (Å²) >= 11 is 0. The molecule has 0 amide bonds. The van der Waals surface area contributed by atoms with Crippen LogP contribution in [0.1, 0.15) is 5.69 Å². The third-order valence-corrected chi connectivity index (χ3v) is 2.44. The molecule has 1 aromatic carbocycles. The van der Waals surface area contributed by atoms with Gasteiger partial charge in [-0.2, -0.15) is 5.26 Å². The van der Waals surface area contributed by atoms with Gasteiger partial charge in [0.1, 0.15) is 6.07 Å². The maximum atomic E-state index is 8.64. The van der Waals surface area contributed by atoms with Crippen LogP contribution in [0.2, 0.25) is 0 Å². The van der Waals surface area contributed by atoms with E-state index in [0.29, 0.717) is 17.3 Å². The number of ether oxygens (including phenoxy) is 2. The van der Waals surface area contributed by atoms with Gasteiger partial charge >= 0.3 is 0 Å². The molecule has 1 aromatic heterocycles. The van der Waals surface area contributed by atoms with Gasteiger partial charge in [0.25, 0.3) is 0 Å². The predicted molar refractivity (Wildman–Crippen MR) is 69.6 cm³/mol. The van der Waals surface area contributed by atoms with Crippen molar-refractivity contribution in [2.75, 3.05) is 19.5 Å². The summed E-state index contributed by atoms with van der Waals surface area (Å²) in [7, 11) is 3.15. The maximum Gasteiger partial charge on any atom is 0.163 e. The number of anilines is 2. The van der Waals surface area contributed by atoms with E-state index in [0.717, 1.165) is 5.69 Å². The van der Waals surface area contributed by atoms with Crippen LogP contribution < -0.4 is 14.8 Å². The van der Waals surface area contributed by atoms with Gasteiger partial charge in [-0.05, 0) is 24.3 Å². The molecule has 96 valence electrons. The summed E-state index contributed by atoms with van der Waals surface area (Å²) in [6, 6.07) is 10.6. The number of hydrogen-bond donors (Lipinski definition) is 1. The van der Waals surface area contributed by atoms with Crippen molar-refractivity contribution in [3.05, 3.63) is 36.0 Å². The zero-order chi connectivity index (χ0) is 13.7. The summed E-state index contributed by atoms with van der Waals surface area (Å²) < 4.78 is 10.4. The third kappa shape index (κ3) is 2.90. The molecule has 0 bridgehead atoms. The highest BCUT2D eigenvalue weighted by Crippen LogP contribution is 2.30. The van der Waals surface area contributed by atoms with Gasteiger partial charge in [-0.3, -0.25) is 0 Å². The van der Waals surface area contributed by atoms with Crippen molar-refractivity contribution in [3.8, 4) is 17.6 Å². The Morgan fingerprint density at radius 1 is 1.05 bits per heavy atom. The summed E-state index contributed by atoms with van der Waals surface area (Å²) in [6.45, 7) is 0. The number of methoxy groups -OCH3 is 2. The molecule has 1 N–H and O–H groups in total. The molecule has 0 aliphatic rings. The molecule has 0 spiro atoms. The van der Waals surface area contributed by atoms with Crippen LogP contribution >= 0.6 is 0 Å². The van der Waals surface area contributed by atoms with E-state index in [4.69, 9.17) is 14.7 Å². The van der Waals surface area contributed by atoms with E-state index < -0.39 is 0 Å². The van der Waals surface area contributed by atoms with Crippen molar-refractivity contribution in [3.63, 3.8) is 0 Å². The number of hydrogen-bond acceptors (Lipinski definition) is 6. The fourth-order valence-corrected chi connectivity index (χ4v) is 1.52. The van der Waals surface area contributed by atoms with Crippen LogP contribution in [0, 0.1) is 11.3 Å². The first kappa shape index (κ1) is 12.6. The van der Waals surface area contributed by atoms with Gasteiger partial charge in [0, 0.05) is 11.8 Å². The van der Waals surface area contributed by atoms with Crippen molar-refractivity contribution in [1.82, 2.24) is 10.2 Å². The summed E-state index contributed by atoms with van der Waals surface area (Å²) in [6.07, 6.45) is 0. The van der Waals surface area contributed by atoms with E-state index in [-0.39, 0.29) is 5.69 Å². The molecule has 6 heteroatoms. The smallest absolute Gasteiger partial charge is 0.163 e. The number of aromatic nitrogens is 2. The minimum absolute atomic E-state index is 0.276. The van der Waals surface area contributed by atoms with Gasteiger partial charge < -0.3 is 14.8 Å². The monoisotopic (exact) mass is 256 g/mol. The van der Waals surface area contributed by atoms with Crippen LogP contribution in [-0.4, -0.2) is 24.4 Å². The molecule has 2 aromatic rings. The van der Waals surface area contributed by atoms with Crippen molar-refractivity contribution >= 4 is 11.5 Å². The minimum atomic E-state index is 0.276. The molecule has 0 radical (unpaired) electrons. The number of rotatable bonds is 4. The van der Waals surface area contributed by atoms with Crippen LogP contribution in [0.15, 0.2) is 30.3 Å². The van der Waals surface area contributed by atoms with Crippen LogP contribution in [0.25, 0.3) is 0 Å². The molecule has 0 aliphatic heterocycles. The first-order valence-corrected chi connectivity index (χ1v) is 5.49. The fraction of sp³-hybridized carbons (Fsp3) is 0.154. The van der Waals surface area contributed by atoms with Gasteiger partial charge in [0.2, 0.25) is 0 Å². The Kier molecular flexibility index (Phi) is 3.78. The van der Waals surface area contributed by atoms with E-state index in [1.165, 1.54) is 0 Å². The first-order chi connectivity index (χ1) is 9.26. The van der Waals surface area contributed by atoms with Gasteiger partial charge in [0.15, 0.2) is 23.0 Å². The maximum absolute atomic E-state index is 8.64. The van der Waals surface area contributed by atoms with Crippen molar-refractivity contribution in [2.45, 2.75) is 0 Å². The van der Waals surface area contributed by atoms with Crippen LogP contribution in [-0.2, 0) is 0 Å². The molecule has 19 heavy (non-hydrogen) atoms. The van der Waals surface area contributed by atoms with Gasteiger partial charge in [-0.1, -0.05) is 0 Å². The van der Waals surface area contributed by atoms with Gasteiger partial charge in [-0.25, -0.2) is 0 Å². The van der Waals surface area contributed by atoms with E-state index >= 15 is 0 Å². The van der Waals surface area contributed by atoms with Gasteiger partial charge in [-0.15, -0.1) is 10.2 Å². The number of benzene rings is 1. The number of nitrogens with zero attached hydrogens (tertiary/aromatic N) is 3. The van der Waals surface area contributed by atoms with Gasteiger partial charge in [0.05, 0.1) is 14.2 Å². The highest BCUT2D eigenvalue weighted by Gasteiger charge is 2.05. The molecule has 2 rings (SSSR count). The Morgan fingerprint density at radius 2 is 1.84 bits per heavy atom. The SMILES string of the molecule is COc1ccc(Nc2ccc(C#N)nn2)cc1OC. The molecule has 6 nitrogen and oxygen atoms in total. The standard InChI is InChI=1S/C13H12N4O2/c1-18-11-5-3-9(7-12(11)19-2)15-13-6-4-10(8-14)16-17-13/h3-7H,1-2H3,(H,15,17). The van der Waals surface area contributed by atoms with Crippen LogP contribution in [0.3, 0.4) is 0 Å². The number of nitriles is 1. The largest absolute Gasteiger partial charge is 0.493 e. The van der Waals surface area contributed by atoms with Crippen molar-refractivity contribution in [2.24, 2.45) is 0 Å².